The van der Waals surface area contributed by atoms with Gasteiger partial charge in [0.1, 0.15) is 5.82 Å². The first kappa shape index (κ1) is 126. The number of pyridine rings is 6. The largest absolute Gasteiger partial charge is 0.264 e. The molecule has 0 unspecified atom stereocenters. The Bertz CT molecular complexity index is 3090. The monoisotopic (exact) mass is 1470 g/mol. The lowest BCUT2D eigenvalue weighted by Crippen LogP contribution is -2.13. The average Bonchev–Trinajstić information content (AvgIpc) is 0.876. The molecule has 0 saturated carbocycles. The molecule has 0 aliphatic rings. The molecule has 1 aromatic carbocycles. The van der Waals surface area contributed by atoms with Gasteiger partial charge in [0, 0.05) is 94.6 Å². The van der Waals surface area contributed by atoms with Gasteiger partial charge in [0.05, 0.1) is 0 Å². The maximum atomic E-state index is 4.44. The van der Waals surface area contributed by atoms with Crippen molar-refractivity contribution in [3.63, 3.8) is 0 Å². The number of nitrogens with zero attached hydrogens (tertiary/aromatic N) is 8. The highest BCUT2D eigenvalue weighted by Crippen LogP contribution is 2.28. The van der Waals surface area contributed by atoms with Gasteiger partial charge in [-0.25, -0.2) is 9.97 Å². The molecule has 8 heteroatoms. The molecular weight excluding hydrogens is 1290 g/mol. The maximum Gasteiger partial charge on any atom is 0.125 e. The van der Waals surface area contributed by atoms with Crippen LogP contribution in [0.3, 0.4) is 0 Å². The molecule has 0 radical (unpaired) electrons. The molecule has 7 aromatic heterocycles. The van der Waals surface area contributed by atoms with Crippen molar-refractivity contribution in [2.75, 3.05) is 0 Å². The van der Waals surface area contributed by atoms with E-state index >= 15 is 0 Å². The molecule has 0 aliphatic heterocycles. The quantitative estimate of drug-likeness (QED) is 0.160. The van der Waals surface area contributed by atoms with Crippen LogP contribution in [0.1, 0.15) is 379 Å². The van der Waals surface area contributed by atoms with E-state index in [1.807, 2.05) is 109 Å². The van der Waals surface area contributed by atoms with Crippen LogP contribution in [0.2, 0.25) is 0 Å². The zero-order valence-corrected chi connectivity index (χ0v) is 68.4. The number of benzene rings is 1. The van der Waals surface area contributed by atoms with E-state index in [2.05, 4.69) is 339 Å². The highest BCUT2D eigenvalue weighted by Gasteiger charge is 2.20. The molecule has 106 heavy (non-hydrogen) atoms. The van der Waals surface area contributed by atoms with Gasteiger partial charge in [-0.3, -0.25) is 29.9 Å². The first-order valence-corrected chi connectivity index (χ1v) is 35.1. The zero-order chi connectivity index (χ0) is 74.9. The van der Waals surface area contributed by atoms with Gasteiger partial charge < -0.3 is 0 Å². The summed E-state index contributed by atoms with van der Waals surface area (Å²) >= 11 is 0. The molecule has 0 N–H and O–H groups in total. The van der Waals surface area contributed by atoms with Crippen LogP contribution < -0.4 is 0 Å². The van der Waals surface area contributed by atoms with Gasteiger partial charge in [-0.15, -0.1) is 0 Å². The van der Waals surface area contributed by atoms with E-state index in [4.69, 9.17) is 0 Å². The van der Waals surface area contributed by atoms with Crippen molar-refractivity contribution in [1.82, 2.24) is 39.9 Å². The third-order valence-electron chi connectivity index (χ3n) is 14.8. The van der Waals surface area contributed by atoms with E-state index in [1.54, 1.807) is 0 Å². The van der Waals surface area contributed by atoms with Gasteiger partial charge in [0.25, 0.3) is 0 Å². The van der Waals surface area contributed by atoms with Crippen LogP contribution in [-0.2, 0) is 43.3 Å². The van der Waals surface area contributed by atoms with Gasteiger partial charge in [-0.1, -0.05) is 337 Å². The summed E-state index contributed by atoms with van der Waals surface area (Å²) in [5.74, 6) is 0.831. The van der Waals surface area contributed by atoms with Gasteiger partial charge in [-0.05, 0) is 192 Å². The van der Waals surface area contributed by atoms with Crippen molar-refractivity contribution in [2.24, 2.45) is 5.41 Å². The first-order chi connectivity index (χ1) is 43.7. The third-order valence-corrected chi connectivity index (χ3v) is 14.8. The fourth-order valence-electron chi connectivity index (χ4n) is 8.82. The van der Waals surface area contributed by atoms with Crippen molar-refractivity contribution in [3.05, 3.63) is 237 Å². The van der Waals surface area contributed by atoms with E-state index in [-0.39, 0.29) is 112 Å². The van der Waals surface area contributed by atoms with Crippen molar-refractivity contribution >= 4 is 0 Å². The normalized spacial score (nSPS) is 10.4. The van der Waals surface area contributed by atoms with Gasteiger partial charge in [0.2, 0.25) is 0 Å². The van der Waals surface area contributed by atoms with Crippen LogP contribution in [0.25, 0.3) is 0 Å². The lowest BCUT2D eigenvalue weighted by atomic mass is 9.86. The standard InChI is InChI=1S/6C10H15N.C10H14.C9H14N2.C7H16.C2H6.10CH4/c1-8-7-9(5-6-11-8)10(2,3)4;1-8-5-6-11-7-9(8)10(2,3)4;1-8-5-6-9(7-11-8)10(2,3)4;1-8-5-6-11-9(7-8)10(2,3)4;1-8-9(10(2,3)4)6-5-7-11-8;1-8-6-5-7-9(11-8)10(2,3)4;1-10(2,3)9-7-5-4-6-8-9;1-7-10-5-8(6-11-7)9(2,3)4;1-5-6-7(2,3)4;1-2;;;;;;;;;;/h6*5-7H,1-4H3;4-8H,1-3H3;5-6H,1-4H3;5-6H2,1-4H3;1-2H3;10*1H4. The van der Waals surface area contributed by atoms with Gasteiger partial charge in [0.15, 0.2) is 0 Å². The molecule has 0 amide bonds. The minimum Gasteiger partial charge on any atom is -0.264 e. The number of aromatic nitrogens is 8. The second kappa shape index (κ2) is 57.3. The summed E-state index contributed by atoms with van der Waals surface area (Å²) in [7, 11) is 0. The van der Waals surface area contributed by atoms with Crippen LogP contribution in [0.4, 0.5) is 0 Å². The lowest BCUT2D eigenvalue weighted by Gasteiger charge is -2.20. The molecule has 0 bridgehead atoms. The molecule has 8 nitrogen and oxygen atoms in total. The van der Waals surface area contributed by atoms with Crippen LogP contribution in [0.15, 0.2) is 153 Å². The van der Waals surface area contributed by atoms with E-state index in [0.717, 1.165) is 40.0 Å². The number of hydrogen-bond donors (Lipinski definition) is 0. The van der Waals surface area contributed by atoms with E-state index in [0.29, 0.717) is 10.8 Å². The van der Waals surface area contributed by atoms with Gasteiger partial charge >= 0.3 is 0 Å². The van der Waals surface area contributed by atoms with E-state index in [9.17, 15) is 0 Å². The van der Waals surface area contributed by atoms with E-state index in [1.165, 1.54) is 57.3 Å². The minimum atomic E-state index is 0. The third kappa shape index (κ3) is 57.4. The molecule has 8 aromatic rings. The maximum absolute atomic E-state index is 4.44. The number of hydrogen-bond acceptors (Lipinski definition) is 8. The van der Waals surface area contributed by atoms with Crippen molar-refractivity contribution < 1.29 is 0 Å². The molecule has 7 heterocycles. The summed E-state index contributed by atoms with van der Waals surface area (Å²) in [4.78, 5) is 33.8. The Morgan fingerprint density at radius 2 is 0.745 bits per heavy atom. The molecule has 0 fully saturated rings. The highest BCUT2D eigenvalue weighted by atomic mass is 14.8. The van der Waals surface area contributed by atoms with Crippen LogP contribution in [0.5, 0.6) is 0 Å². The van der Waals surface area contributed by atoms with Crippen molar-refractivity contribution in [1.29, 1.82) is 0 Å². The molecular formula is C98H180N8. The lowest BCUT2D eigenvalue weighted by molar-refractivity contribution is 0.373. The van der Waals surface area contributed by atoms with Crippen LogP contribution in [0, 0.1) is 53.9 Å². The van der Waals surface area contributed by atoms with Crippen molar-refractivity contribution in [2.45, 2.75) is 387 Å². The highest BCUT2D eigenvalue weighted by molar-refractivity contribution is 5.29. The summed E-state index contributed by atoms with van der Waals surface area (Å²) in [6.45, 7) is 79.9. The SMILES string of the molecule is C.C.C.C.C.C.C.C.C.C.CC.CC(C)(C)c1ccccc1.CCCC(C)(C)C.Cc1cc(C(C)(C)C)ccn1.Cc1ccc(C(C)(C)C)cn1.Cc1cccc(C(C)(C)C)n1.Cc1ccnc(C(C)(C)C)c1.Cc1ccncc1C(C)(C)C.Cc1ncc(C(C)(C)C)cn1.Cc1ncccc1C(C)(C)C. The second-order valence-electron chi connectivity index (χ2n) is 34.3. The Kier molecular flexibility index (Phi) is 68.1. The summed E-state index contributed by atoms with van der Waals surface area (Å²) < 4.78 is 0. The average molecular weight is 1470 g/mol. The molecule has 0 aliphatic carbocycles. The minimum absolute atomic E-state index is 0. The van der Waals surface area contributed by atoms with Crippen LogP contribution >= 0.6 is 0 Å². The Labute approximate surface area is 665 Å². The predicted molar refractivity (Wildman–Crippen MR) is 490 cm³/mol. The summed E-state index contributed by atoms with van der Waals surface area (Å²) in [5, 5.41) is 0. The first-order valence-electron chi connectivity index (χ1n) is 35.1. The Hall–Kier alpha value is -6.80. The number of aryl methyl sites for hydroxylation is 7. The molecule has 0 atom stereocenters. The van der Waals surface area contributed by atoms with Gasteiger partial charge in [-0.2, -0.15) is 0 Å². The van der Waals surface area contributed by atoms with Crippen molar-refractivity contribution in [3.8, 4) is 0 Å². The fraction of sp³-hybridized carbons (Fsp3) is 0.592. The molecule has 612 valence electrons. The summed E-state index contributed by atoms with van der Waals surface area (Å²) in [6, 6.07) is 35.5. The predicted octanol–water partition coefficient (Wildman–Crippen LogP) is 31.4. The smallest absolute Gasteiger partial charge is 0.125 e. The topological polar surface area (TPSA) is 103 Å². The number of rotatable bonds is 1. The summed E-state index contributed by atoms with van der Waals surface area (Å²) in [6.07, 6.45) is 17.8. The summed E-state index contributed by atoms with van der Waals surface area (Å²) in [5.41, 5.74) is 19.5. The molecule has 8 rings (SSSR count). The van der Waals surface area contributed by atoms with Crippen LogP contribution in [-0.4, -0.2) is 39.9 Å². The fourth-order valence-corrected chi connectivity index (χ4v) is 8.82. The molecule has 0 saturated heterocycles. The Morgan fingerprint density at radius 1 is 0.292 bits per heavy atom. The van der Waals surface area contributed by atoms with E-state index < -0.39 is 0 Å². The Morgan fingerprint density at radius 3 is 1.04 bits per heavy atom. The molecule has 0 spiro atoms. The Balaban J connectivity index is -0.0000000926. The zero-order valence-electron chi connectivity index (χ0n) is 68.4. The second-order valence-corrected chi connectivity index (χ2v) is 34.3.